The Morgan fingerprint density at radius 1 is 0.929 bits per heavy atom. The standard InChI is InChI=1S/C22H22N6/c1-17-13-22(26-25-20(17)14-18-5-3-2-4-6-18)28-11-9-27(10-12-28)21-8-7-19(15-23)16-24-21/h2-8,13,16H,9-12,14H2,1H3. The first-order chi connectivity index (χ1) is 13.7. The fourth-order valence-electron chi connectivity index (χ4n) is 3.42. The number of anilines is 2. The van der Waals surface area contributed by atoms with Gasteiger partial charge in [-0.15, -0.1) is 5.10 Å². The molecule has 2 aromatic heterocycles. The minimum absolute atomic E-state index is 0.587. The molecule has 140 valence electrons. The molecule has 0 unspecified atom stereocenters. The molecule has 1 saturated heterocycles. The lowest BCUT2D eigenvalue weighted by Crippen LogP contribution is -2.47. The lowest BCUT2D eigenvalue weighted by atomic mass is 10.1. The third-order valence-electron chi connectivity index (χ3n) is 5.09. The summed E-state index contributed by atoms with van der Waals surface area (Å²) in [5.41, 5.74) is 4.03. The van der Waals surface area contributed by atoms with Gasteiger partial charge in [-0.25, -0.2) is 4.98 Å². The molecule has 6 nitrogen and oxygen atoms in total. The molecular formula is C22H22N6. The van der Waals surface area contributed by atoms with Crippen LogP contribution in [0, 0.1) is 18.3 Å². The van der Waals surface area contributed by atoms with Crippen LogP contribution >= 0.6 is 0 Å². The fourth-order valence-corrected chi connectivity index (χ4v) is 3.42. The Labute approximate surface area is 165 Å². The summed E-state index contributed by atoms with van der Waals surface area (Å²) in [6, 6.07) is 18.3. The zero-order chi connectivity index (χ0) is 19.3. The largest absolute Gasteiger partial charge is 0.353 e. The van der Waals surface area contributed by atoms with Gasteiger partial charge in [-0.05, 0) is 36.2 Å². The Kier molecular flexibility index (Phi) is 5.16. The van der Waals surface area contributed by atoms with E-state index in [2.05, 4.69) is 68.3 Å². The van der Waals surface area contributed by atoms with Crippen molar-refractivity contribution in [2.24, 2.45) is 0 Å². The molecule has 3 aromatic rings. The van der Waals surface area contributed by atoms with Crippen molar-refractivity contribution in [2.75, 3.05) is 36.0 Å². The average molecular weight is 370 g/mol. The number of nitriles is 1. The molecule has 4 rings (SSSR count). The van der Waals surface area contributed by atoms with Crippen molar-refractivity contribution >= 4 is 11.6 Å². The molecule has 0 atom stereocenters. The molecule has 1 aliphatic rings. The number of hydrogen-bond acceptors (Lipinski definition) is 6. The van der Waals surface area contributed by atoms with E-state index < -0.39 is 0 Å². The van der Waals surface area contributed by atoms with Crippen LogP contribution in [0.5, 0.6) is 0 Å². The van der Waals surface area contributed by atoms with Crippen LogP contribution in [-0.4, -0.2) is 41.4 Å². The summed E-state index contributed by atoms with van der Waals surface area (Å²) in [5, 5.41) is 17.9. The topological polar surface area (TPSA) is 68.9 Å². The summed E-state index contributed by atoms with van der Waals surface area (Å²) >= 11 is 0. The zero-order valence-electron chi connectivity index (χ0n) is 15.9. The number of benzene rings is 1. The van der Waals surface area contributed by atoms with Crippen LogP contribution in [0.25, 0.3) is 0 Å². The van der Waals surface area contributed by atoms with Crippen molar-refractivity contribution in [1.82, 2.24) is 15.2 Å². The maximum atomic E-state index is 8.90. The molecule has 0 radical (unpaired) electrons. The average Bonchev–Trinajstić information content (AvgIpc) is 2.76. The van der Waals surface area contributed by atoms with Gasteiger partial charge in [0.05, 0.1) is 11.3 Å². The smallest absolute Gasteiger partial charge is 0.151 e. The van der Waals surface area contributed by atoms with Crippen LogP contribution < -0.4 is 9.80 Å². The maximum Gasteiger partial charge on any atom is 0.151 e. The summed E-state index contributed by atoms with van der Waals surface area (Å²) in [4.78, 5) is 8.90. The van der Waals surface area contributed by atoms with E-state index in [-0.39, 0.29) is 0 Å². The summed E-state index contributed by atoms with van der Waals surface area (Å²) in [6.07, 6.45) is 2.43. The molecule has 6 heteroatoms. The summed E-state index contributed by atoms with van der Waals surface area (Å²) in [6.45, 7) is 5.58. The van der Waals surface area contributed by atoms with Crippen LogP contribution in [0.4, 0.5) is 11.6 Å². The second-order valence-electron chi connectivity index (χ2n) is 6.99. The monoisotopic (exact) mass is 370 g/mol. The lowest BCUT2D eigenvalue weighted by Gasteiger charge is -2.36. The second-order valence-corrected chi connectivity index (χ2v) is 6.99. The second kappa shape index (κ2) is 8.05. The predicted molar refractivity (Wildman–Crippen MR) is 109 cm³/mol. The van der Waals surface area contributed by atoms with E-state index in [1.807, 2.05) is 18.2 Å². The van der Waals surface area contributed by atoms with Gasteiger partial charge in [0.2, 0.25) is 0 Å². The highest BCUT2D eigenvalue weighted by molar-refractivity contribution is 5.47. The van der Waals surface area contributed by atoms with Crippen LogP contribution in [-0.2, 0) is 6.42 Å². The van der Waals surface area contributed by atoms with Gasteiger partial charge in [0, 0.05) is 38.8 Å². The van der Waals surface area contributed by atoms with E-state index >= 15 is 0 Å². The van der Waals surface area contributed by atoms with E-state index in [4.69, 9.17) is 5.26 Å². The number of hydrogen-bond donors (Lipinski definition) is 0. The molecule has 3 heterocycles. The van der Waals surface area contributed by atoms with Gasteiger partial charge in [0.1, 0.15) is 11.9 Å². The lowest BCUT2D eigenvalue weighted by molar-refractivity contribution is 0.636. The number of piperazine rings is 1. The van der Waals surface area contributed by atoms with Gasteiger partial charge < -0.3 is 9.80 Å². The molecule has 1 aromatic carbocycles. The minimum Gasteiger partial charge on any atom is -0.353 e. The minimum atomic E-state index is 0.587. The molecular weight excluding hydrogens is 348 g/mol. The van der Waals surface area contributed by atoms with Gasteiger partial charge in [-0.1, -0.05) is 30.3 Å². The van der Waals surface area contributed by atoms with Crippen LogP contribution in [0.1, 0.15) is 22.4 Å². The van der Waals surface area contributed by atoms with E-state index in [1.165, 1.54) is 11.1 Å². The van der Waals surface area contributed by atoms with Crippen molar-refractivity contribution in [3.05, 3.63) is 77.1 Å². The van der Waals surface area contributed by atoms with E-state index in [1.54, 1.807) is 6.20 Å². The summed E-state index contributed by atoms with van der Waals surface area (Å²) in [7, 11) is 0. The van der Waals surface area contributed by atoms with Gasteiger partial charge in [-0.2, -0.15) is 10.4 Å². The Morgan fingerprint density at radius 3 is 2.25 bits per heavy atom. The molecule has 0 N–H and O–H groups in total. The third-order valence-corrected chi connectivity index (χ3v) is 5.09. The number of pyridine rings is 1. The van der Waals surface area contributed by atoms with Gasteiger partial charge in [-0.3, -0.25) is 0 Å². The Morgan fingerprint density at radius 2 is 1.64 bits per heavy atom. The van der Waals surface area contributed by atoms with Crippen LogP contribution in [0.3, 0.4) is 0 Å². The first-order valence-electron chi connectivity index (χ1n) is 9.46. The highest BCUT2D eigenvalue weighted by Crippen LogP contribution is 2.20. The van der Waals surface area contributed by atoms with Crippen molar-refractivity contribution in [3.8, 4) is 6.07 Å². The summed E-state index contributed by atoms with van der Waals surface area (Å²) in [5.74, 6) is 1.85. The first-order valence-corrected chi connectivity index (χ1v) is 9.46. The highest BCUT2D eigenvalue weighted by Gasteiger charge is 2.20. The molecule has 0 saturated carbocycles. The van der Waals surface area contributed by atoms with Gasteiger partial charge in [0.25, 0.3) is 0 Å². The van der Waals surface area contributed by atoms with E-state index in [0.717, 1.165) is 49.9 Å². The Bertz CT molecular complexity index is 970. The SMILES string of the molecule is Cc1cc(N2CCN(c3ccc(C#N)cn3)CC2)nnc1Cc1ccccc1. The van der Waals surface area contributed by atoms with Crippen molar-refractivity contribution in [2.45, 2.75) is 13.3 Å². The number of aromatic nitrogens is 3. The third kappa shape index (κ3) is 3.94. The highest BCUT2D eigenvalue weighted by atomic mass is 15.3. The Hall–Kier alpha value is -3.46. The molecule has 1 aliphatic heterocycles. The van der Waals surface area contributed by atoms with Crippen LogP contribution in [0.15, 0.2) is 54.7 Å². The maximum absolute atomic E-state index is 8.90. The first kappa shape index (κ1) is 17.9. The predicted octanol–water partition coefficient (Wildman–Crippen LogP) is 2.97. The zero-order valence-corrected chi connectivity index (χ0v) is 15.9. The normalized spacial score (nSPS) is 14.0. The molecule has 0 amide bonds. The molecule has 0 spiro atoms. The van der Waals surface area contributed by atoms with Crippen molar-refractivity contribution in [3.63, 3.8) is 0 Å². The number of aryl methyl sites for hydroxylation is 1. The molecule has 1 fully saturated rings. The molecule has 0 bridgehead atoms. The van der Waals surface area contributed by atoms with Crippen LogP contribution in [0.2, 0.25) is 0 Å². The van der Waals surface area contributed by atoms with E-state index in [9.17, 15) is 0 Å². The van der Waals surface area contributed by atoms with Crippen molar-refractivity contribution < 1.29 is 0 Å². The van der Waals surface area contributed by atoms with Gasteiger partial charge in [0.15, 0.2) is 5.82 Å². The fraction of sp³-hybridized carbons (Fsp3) is 0.273. The van der Waals surface area contributed by atoms with E-state index in [0.29, 0.717) is 5.56 Å². The number of rotatable bonds is 4. The van der Waals surface area contributed by atoms with Gasteiger partial charge >= 0.3 is 0 Å². The number of nitrogens with zero attached hydrogens (tertiary/aromatic N) is 6. The molecule has 28 heavy (non-hydrogen) atoms. The quantitative estimate of drug-likeness (QED) is 0.703. The summed E-state index contributed by atoms with van der Waals surface area (Å²) < 4.78 is 0. The molecule has 0 aliphatic carbocycles. The van der Waals surface area contributed by atoms with Crippen molar-refractivity contribution in [1.29, 1.82) is 5.26 Å². The Balaban J connectivity index is 1.40.